The predicted octanol–water partition coefficient (Wildman–Crippen LogP) is 6.38. The number of benzene rings is 2. The number of aromatic nitrogens is 3. The van der Waals surface area contributed by atoms with E-state index in [1.807, 2.05) is 54.8 Å². The van der Waals surface area contributed by atoms with Gasteiger partial charge in [0.1, 0.15) is 0 Å². The first kappa shape index (κ1) is 23.6. The van der Waals surface area contributed by atoms with Crippen LogP contribution in [0.4, 0.5) is 5.69 Å². The SMILES string of the molecule is CCCCCCSc1nnc2c(n1)O[C@@H](c1ccc(SC)cc1)N(C(C)=O)c1ccccc1-2. The van der Waals surface area contributed by atoms with E-state index < -0.39 is 6.23 Å². The van der Waals surface area contributed by atoms with E-state index in [1.165, 1.54) is 19.3 Å². The number of para-hydroxylation sites is 1. The maximum atomic E-state index is 12.8. The van der Waals surface area contributed by atoms with Gasteiger partial charge in [-0.15, -0.1) is 22.0 Å². The van der Waals surface area contributed by atoms with Gasteiger partial charge in [-0.25, -0.2) is 0 Å². The third kappa shape index (κ3) is 5.33. The Kier molecular flexibility index (Phi) is 7.88. The zero-order chi connectivity index (χ0) is 23.2. The third-order valence-corrected chi connectivity index (χ3v) is 7.15. The lowest BCUT2D eigenvalue weighted by molar-refractivity contribution is -0.118. The first-order valence-electron chi connectivity index (χ1n) is 11.2. The normalized spacial score (nSPS) is 14.8. The van der Waals surface area contributed by atoms with Gasteiger partial charge in [0, 0.05) is 28.7 Å². The summed E-state index contributed by atoms with van der Waals surface area (Å²) in [5, 5.41) is 9.43. The van der Waals surface area contributed by atoms with Crippen LogP contribution in [0.3, 0.4) is 0 Å². The topological polar surface area (TPSA) is 68.2 Å². The molecular weight excluding hydrogens is 452 g/mol. The molecule has 33 heavy (non-hydrogen) atoms. The molecule has 0 aliphatic carbocycles. The molecule has 0 bridgehead atoms. The minimum Gasteiger partial charge on any atom is -0.447 e. The molecule has 0 saturated heterocycles. The molecular formula is C25H28N4O2S2. The molecule has 8 heteroatoms. The molecule has 0 N–H and O–H groups in total. The summed E-state index contributed by atoms with van der Waals surface area (Å²) >= 11 is 3.26. The molecule has 1 aliphatic heterocycles. The number of carbonyl (C=O) groups excluding carboxylic acids is 1. The van der Waals surface area contributed by atoms with Crippen LogP contribution in [0, 0.1) is 0 Å². The number of amides is 1. The highest BCUT2D eigenvalue weighted by Crippen LogP contribution is 2.43. The molecule has 0 spiro atoms. The molecule has 2 heterocycles. The molecule has 0 fully saturated rings. The number of rotatable bonds is 8. The number of hydrogen-bond donors (Lipinski definition) is 0. The first-order chi connectivity index (χ1) is 16.1. The van der Waals surface area contributed by atoms with Crippen molar-refractivity contribution >= 4 is 35.1 Å². The number of fused-ring (bicyclic) bond motifs is 3. The quantitative estimate of drug-likeness (QED) is 0.274. The average molecular weight is 481 g/mol. The van der Waals surface area contributed by atoms with Crippen molar-refractivity contribution in [2.75, 3.05) is 16.9 Å². The number of nitrogens with zero attached hydrogens (tertiary/aromatic N) is 4. The summed E-state index contributed by atoms with van der Waals surface area (Å²) in [5.74, 6) is 1.22. The van der Waals surface area contributed by atoms with Crippen LogP contribution in [-0.2, 0) is 4.79 Å². The van der Waals surface area contributed by atoms with E-state index >= 15 is 0 Å². The second kappa shape index (κ2) is 11.0. The van der Waals surface area contributed by atoms with Crippen LogP contribution in [0.1, 0.15) is 51.3 Å². The number of ether oxygens (including phenoxy) is 1. The fourth-order valence-electron chi connectivity index (χ4n) is 3.79. The summed E-state index contributed by atoms with van der Waals surface area (Å²) in [4.78, 5) is 20.4. The molecule has 1 atom stereocenters. The van der Waals surface area contributed by atoms with Crippen LogP contribution in [-0.4, -0.2) is 33.1 Å². The van der Waals surface area contributed by atoms with Crippen LogP contribution in [0.25, 0.3) is 11.3 Å². The minimum atomic E-state index is -0.653. The molecule has 2 aromatic carbocycles. The van der Waals surface area contributed by atoms with Crippen LogP contribution >= 0.6 is 23.5 Å². The maximum absolute atomic E-state index is 12.8. The molecule has 0 unspecified atom stereocenters. The van der Waals surface area contributed by atoms with Crippen molar-refractivity contribution in [2.45, 2.75) is 55.8 Å². The van der Waals surface area contributed by atoms with E-state index in [4.69, 9.17) is 9.72 Å². The van der Waals surface area contributed by atoms with Crippen LogP contribution in [0.15, 0.2) is 58.6 Å². The maximum Gasteiger partial charge on any atom is 0.247 e. The van der Waals surface area contributed by atoms with Gasteiger partial charge in [-0.2, -0.15) is 4.98 Å². The Balaban J connectivity index is 1.73. The molecule has 6 nitrogen and oxygen atoms in total. The smallest absolute Gasteiger partial charge is 0.247 e. The summed E-state index contributed by atoms with van der Waals surface area (Å²) in [7, 11) is 0. The van der Waals surface area contributed by atoms with Crippen molar-refractivity contribution in [2.24, 2.45) is 0 Å². The molecule has 1 amide bonds. The molecule has 1 aliphatic rings. The number of carbonyl (C=O) groups is 1. The van der Waals surface area contributed by atoms with Crippen molar-refractivity contribution in [3.8, 4) is 17.1 Å². The van der Waals surface area contributed by atoms with Crippen LogP contribution < -0.4 is 9.64 Å². The number of unbranched alkanes of at least 4 members (excludes halogenated alkanes) is 3. The highest BCUT2D eigenvalue weighted by molar-refractivity contribution is 7.99. The minimum absolute atomic E-state index is 0.118. The highest BCUT2D eigenvalue weighted by atomic mass is 32.2. The van der Waals surface area contributed by atoms with Crippen molar-refractivity contribution in [1.29, 1.82) is 0 Å². The third-order valence-electron chi connectivity index (χ3n) is 5.48. The molecule has 1 aromatic heterocycles. The Morgan fingerprint density at radius 1 is 1.06 bits per heavy atom. The molecule has 4 rings (SSSR count). The number of thioether (sulfide) groups is 2. The Bertz CT molecular complexity index is 1110. The highest BCUT2D eigenvalue weighted by Gasteiger charge is 2.34. The summed E-state index contributed by atoms with van der Waals surface area (Å²) in [6.07, 6.45) is 6.15. The molecule has 0 radical (unpaired) electrons. The monoisotopic (exact) mass is 480 g/mol. The second-order valence-corrected chi connectivity index (χ2v) is 9.75. The Morgan fingerprint density at radius 3 is 2.58 bits per heavy atom. The van der Waals surface area contributed by atoms with E-state index in [0.717, 1.165) is 33.9 Å². The Hall–Kier alpha value is -2.58. The largest absolute Gasteiger partial charge is 0.447 e. The second-order valence-electron chi connectivity index (χ2n) is 7.81. The van der Waals surface area contributed by atoms with Gasteiger partial charge in [0.2, 0.25) is 23.2 Å². The van der Waals surface area contributed by atoms with E-state index in [2.05, 4.69) is 17.1 Å². The summed E-state index contributed by atoms with van der Waals surface area (Å²) in [5.41, 5.74) is 2.94. The van der Waals surface area contributed by atoms with Crippen molar-refractivity contribution in [3.63, 3.8) is 0 Å². The number of hydrogen-bond acceptors (Lipinski definition) is 7. The fourth-order valence-corrected chi connectivity index (χ4v) is 4.98. The van der Waals surface area contributed by atoms with Crippen molar-refractivity contribution in [3.05, 3.63) is 54.1 Å². The predicted molar refractivity (Wildman–Crippen MR) is 135 cm³/mol. The lowest BCUT2D eigenvalue weighted by Gasteiger charge is -2.30. The van der Waals surface area contributed by atoms with Gasteiger partial charge in [-0.05, 0) is 30.9 Å². The lowest BCUT2D eigenvalue weighted by atomic mass is 10.1. The molecule has 0 saturated carbocycles. The average Bonchev–Trinajstić information content (AvgIpc) is 2.98. The van der Waals surface area contributed by atoms with E-state index in [1.54, 1.807) is 35.3 Å². The van der Waals surface area contributed by atoms with Gasteiger partial charge in [-0.1, -0.05) is 68.3 Å². The molecule has 3 aromatic rings. The van der Waals surface area contributed by atoms with Gasteiger partial charge in [0.05, 0.1) is 5.69 Å². The zero-order valence-electron chi connectivity index (χ0n) is 19.2. The summed E-state index contributed by atoms with van der Waals surface area (Å²) in [6.45, 7) is 3.76. The van der Waals surface area contributed by atoms with Gasteiger partial charge < -0.3 is 4.74 Å². The van der Waals surface area contributed by atoms with Gasteiger partial charge in [0.15, 0.2) is 5.69 Å². The first-order valence-corrected chi connectivity index (χ1v) is 13.4. The van der Waals surface area contributed by atoms with E-state index in [0.29, 0.717) is 16.7 Å². The van der Waals surface area contributed by atoms with E-state index in [-0.39, 0.29) is 5.91 Å². The van der Waals surface area contributed by atoms with Crippen molar-refractivity contribution < 1.29 is 9.53 Å². The fraction of sp³-hybridized carbons (Fsp3) is 0.360. The van der Waals surface area contributed by atoms with Crippen LogP contribution in [0.5, 0.6) is 5.88 Å². The molecule has 172 valence electrons. The van der Waals surface area contributed by atoms with E-state index in [9.17, 15) is 4.79 Å². The standard InChI is InChI=1S/C25H28N4O2S2/c1-4-5-6-9-16-33-25-26-23-22(27-28-25)20-10-7-8-11-21(20)29(17(2)30)24(31-23)18-12-14-19(32-3)15-13-18/h7-8,10-15,24H,4-6,9,16H2,1-3H3/t24-/m0/s1. The van der Waals surface area contributed by atoms with Crippen molar-refractivity contribution in [1.82, 2.24) is 15.2 Å². The zero-order valence-corrected chi connectivity index (χ0v) is 20.8. The van der Waals surface area contributed by atoms with Gasteiger partial charge >= 0.3 is 0 Å². The summed E-state index contributed by atoms with van der Waals surface area (Å²) < 4.78 is 6.43. The van der Waals surface area contributed by atoms with Gasteiger partial charge in [-0.3, -0.25) is 9.69 Å². The number of anilines is 1. The lowest BCUT2D eigenvalue weighted by Crippen LogP contribution is -2.36. The van der Waals surface area contributed by atoms with Crippen LogP contribution in [0.2, 0.25) is 0 Å². The Morgan fingerprint density at radius 2 is 1.85 bits per heavy atom. The Labute approximate surface area is 203 Å². The van der Waals surface area contributed by atoms with Gasteiger partial charge in [0.25, 0.3) is 0 Å². The summed E-state index contributed by atoms with van der Waals surface area (Å²) in [6, 6.07) is 15.7.